The predicted molar refractivity (Wildman–Crippen MR) is 74.9 cm³/mol. The Bertz CT molecular complexity index is 542. The van der Waals surface area contributed by atoms with E-state index in [1.807, 2.05) is 24.3 Å². The monoisotopic (exact) mass is 259 g/mol. The van der Waals surface area contributed by atoms with Crippen molar-refractivity contribution in [3.63, 3.8) is 0 Å². The van der Waals surface area contributed by atoms with Gasteiger partial charge in [-0.1, -0.05) is 25.1 Å². The van der Waals surface area contributed by atoms with E-state index in [0.29, 0.717) is 11.5 Å². The lowest BCUT2D eigenvalue weighted by atomic mass is 10.0. The van der Waals surface area contributed by atoms with Gasteiger partial charge in [0.2, 0.25) is 0 Å². The minimum absolute atomic E-state index is 0.157. The molecule has 0 saturated carbocycles. The maximum absolute atomic E-state index is 13.1. The molecule has 100 valence electrons. The van der Waals surface area contributed by atoms with Crippen LogP contribution < -0.4 is 10.5 Å². The normalized spacial score (nSPS) is 12.2. The van der Waals surface area contributed by atoms with Crippen LogP contribution in [0.5, 0.6) is 11.5 Å². The van der Waals surface area contributed by atoms with Crippen LogP contribution in [-0.4, -0.2) is 6.04 Å². The molecule has 0 bridgehead atoms. The number of hydrogen-bond acceptors (Lipinski definition) is 2. The van der Waals surface area contributed by atoms with Gasteiger partial charge in [-0.2, -0.15) is 0 Å². The van der Waals surface area contributed by atoms with Gasteiger partial charge in [-0.3, -0.25) is 0 Å². The van der Waals surface area contributed by atoms with Crippen LogP contribution in [0.4, 0.5) is 4.39 Å². The molecule has 1 unspecified atom stereocenters. The molecule has 19 heavy (non-hydrogen) atoms. The zero-order valence-electron chi connectivity index (χ0n) is 11.0. The molecule has 2 nitrogen and oxygen atoms in total. The second-order valence-electron chi connectivity index (χ2n) is 4.58. The van der Waals surface area contributed by atoms with Gasteiger partial charge in [0.1, 0.15) is 17.3 Å². The molecule has 0 aliphatic heterocycles. The van der Waals surface area contributed by atoms with Crippen molar-refractivity contribution >= 4 is 0 Å². The highest BCUT2D eigenvalue weighted by molar-refractivity contribution is 5.34. The molecule has 0 amide bonds. The predicted octanol–water partition coefficient (Wildman–Crippen LogP) is 3.90. The smallest absolute Gasteiger partial charge is 0.130 e. The van der Waals surface area contributed by atoms with Crippen molar-refractivity contribution in [2.75, 3.05) is 0 Å². The van der Waals surface area contributed by atoms with Crippen LogP contribution in [-0.2, 0) is 6.42 Å². The minimum Gasteiger partial charge on any atom is -0.457 e. The van der Waals surface area contributed by atoms with E-state index in [1.165, 1.54) is 12.1 Å². The Labute approximate surface area is 113 Å². The number of hydrogen-bond donors (Lipinski definition) is 1. The van der Waals surface area contributed by atoms with Gasteiger partial charge in [0.15, 0.2) is 0 Å². The first-order valence-corrected chi connectivity index (χ1v) is 6.45. The largest absolute Gasteiger partial charge is 0.457 e. The van der Waals surface area contributed by atoms with Crippen molar-refractivity contribution in [2.24, 2.45) is 5.73 Å². The fraction of sp³-hybridized carbons (Fsp3) is 0.250. The summed E-state index contributed by atoms with van der Waals surface area (Å²) in [5.41, 5.74) is 7.07. The molecule has 2 aromatic rings. The molecule has 0 radical (unpaired) electrons. The van der Waals surface area contributed by atoms with E-state index < -0.39 is 0 Å². The van der Waals surface area contributed by atoms with Gasteiger partial charge in [-0.25, -0.2) is 4.39 Å². The summed E-state index contributed by atoms with van der Waals surface area (Å²) in [5.74, 6) is 0.894. The standard InChI is InChI=1S/C16H18FNO/c1-2-14(18)9-12-5-3-7-15(10-12)19-16-8-4-6-13(17)11-16/h3-8,10-11,14H,2,9,18H2,1H3. The lowest BCUT2D eigenvalue weighted by molar-refractivity contribution is 0.475. The van der Waals surface area contributed by atoms with Crippen LogP contribution in [0.2, 0.25) is 0 Å². The molecule has 0 saturated heterocycles. The molecule has 0 spiro atoms. The molecule has 0 heterocycles. The Kier molecular flexibility index (Phi) is 4.53. The third kappa shape index (κ3) is 4.07. The van der Waals surface area contributed by atoms with Gasteiger partial charge in [-0.15, -0.1) is 0 Å². The lowest BCUT2D eigenvalue weighted by Crippen LogP contribution is -2.21. The van der Waals surface area contributed by atoms with Crippen molar-refractivity contribution < 1.29 is 9.13 Å². The fourth-order valence-corrected chi connectivity index (χ4v) is 1.85. The molecule has 1 atom stereocenters. The third-order valence-corrected chi connectivity index (χ3v) is 2.95. The molecule has 2 aromatic carbocycles. The number of benzene rings is 2. The lowest BCUT2D eigenvalue weighted by Gasteiger charge is -2.11. The van der Waals surface area contributed by atoms with Gasteiger partial charge in [0.05, 0.1) is 0 Å². The van der Waals surface area contributed by atoms with Crippen molar-refractivity contribution in [3.05, 3.63) is 59.9 Å². The highest BCUT2D eigenvalue weighted by atomic mass is 19.1. The zero-order chi connectivity index (χ0) is 13.7. The van der Waals surface area contributed by atoms with E-state index in [-0.39, 0.29) is 11.9 Å². The molecule has 0 aliphatic rings. The maximum atomic E-state index is 13.1. The highest BCUT2D eigenvalue weighted by Crippen LogP contribution is 2.23. The Morgan fingerprint density at radius 2 is 1.79 bits per heavy atom. The molecule has 2 N–H and O–H groups in total. The second kappa shape index (κ2) is 6.34. The van der Waals surface area contributed by atoms with Gasteiger partial charge in [0.25, 0.3) is 0 Å². The number of rotatable bonds is 5. The first-order chi connectivity index (χ1) is 9.17. The Morgan fingerprint density at radius 1 is 1.11 bits per heavy atom. The van der Waals surface area contributed by atoms with E-state index in [9.17, 15) is 4.39 Å². The molecule has 0 aromatic heterocycles. The molecular weight excluding hydrogens is 241 g/mol. The first-order valence-electron chi connectivity index (χ1n) is 6.45. The van der Waals surface area contributed by atoms with E-state index >= 15 is 0 Å². The molecule has 3 heteroatoms. The summed E-state index contributed by atoms with van der Waals surface area (Å²) in [5, 5.41) is 0. The maximum Gasteiger partial charge on any atom is 0.130 e. The fourth-order valence-electron chi connectivity index (χ4n) is 1.85. The van der Waals surface area contributed by atoms with Gasteiger partial charge in [0, 0.05) is 12.1 Å². The third-order valence-electron chi connectivity index (χ3n) is 2.95. The number of nitrogens with two attached hydrogens (primary N) is 1. The number of halogens is 1. The molecular formula is C16H18FNO. The summed E-state index contributed by atoms with van der Waals surface area (Å²) >= 11 is 0. The average molecular weight is 259 g/mol. The van der Waals surface area contributed by atoms with Crippen LogP contribution in [0.15, 0.2) is 48.5 Å². The molecule has 0 fully saturated rings. The van der Waals surface area contributed by atoms with Crippen molar-refractivity contribution in [2.45, 2.75) is 25.8 Å². The number of ether oxygens (including phenoxy) is 1. The van der Waals surface area contributed by atoms with Crippen molar-refractivity contribution in [1.29, 1.82) is 0 Å². The van der Waals surface area contributed by atoms with Crippen LogP contribution in [0.25, 0.3) is 0 Å². The topological polar surface area (TPSA) is 35.2 Å². The molecule has 0 aliphatic carbocycles. The summed E-state index contributed by atoms with van der Waals surface area (Å²) in [4.78, 5) is 0. The molecule has 2 rings (SSSR count). The van der Waals surface area contributed by atoms with Crippen LogP contribution in [0.1, 0.15) is 18.9 Å². The van der Waals surface area contributed by atoms with Crippen molar-refractivity contribution in [3.8, 4) is 11.5 Å². The van der Waals surface area contributed by atoms with E-state index in [0.717, 1.165) is 18.4 Å². The Hall–Kier alpha value is -1.87. The zero-order valence-corrected chi connectivity index (χ0v) is 11.0. The first kappa shape index (κ1) is 13.6. The van der Waals surface area contributed by atoms with E-state index in [1.54, 1.807) is 12.1 Å². The van der Waals surface area contributed by atoms with Crippen LogP contribution in [0.3, 0.4) is 0 Å². The van der Waals surface area contributed by atoms with Gasteiger partial charge in [-0.05, 0) is 42.7 Å². The van der Waals surface area contributed by atoms with E-state index in [2.05, 4.69) is 6.92 Å². The van der Waals surface area contributed by atoms with E-state index in [4.69, 9.17) is 10.5 Å². The summed E-state index contributed by atoms with van der Waals surface area (Å²) in [7, 11) is 0. The highest BCUT2D eigenvalue weighted by Gasteiger charge is 2.04. The van der Waals surface area contributed by atoms with Crippen LogP contribution >= 0.6 is 0 Å². The van der Waals surface area contributed by atoms with Crippen molar-refractivity contribution in [1.82, 2.24) is 0 Å². The summed E-state index contributed by atoms with van der Waals surface area (Å²) in [6, 6.07) is 14.0. The summed E-state index contributed by atoms with van der Waals surface area (Å²) in [6.45, 7) is 2.07. The average Bonchev–Trinajstić information content (AvgIpc) is 2.39. The summed E-state index contributed by atoms with van der Waals surface area (Å²) in [6.07, 6.45) is 1.76. The van der Waals surface area contributed by atoms with Gasteiger partial charge >= 0.3 is 0 Å². The van der Waals surface area contributed by atoms with Crippen LogP contribution in [0, 0.1) is 5.82 Å². The Morgan fingerprint density at radius 3 is 2.47 bits per heavy atom. The Balaban J connectivity index is 2.10. The quantitative estimate of drug-likeness (QED) is 0.883. The minimum atomic E-state index is -0.304. The SMILES string of the molecule is CCC(N)Cc1cccc(Oc2cccc(F)c2)c1. The summed E-state index contributed by atoms with van der Waals surface area (Å²) < 4.78 is 18.7. The second-order valence-corrected chi connectivity index (χ2v) is 4.58. The van der Waals surface area contributed by atoms with Gasteiger partial charge < -0.3 is 10.5 Å².